The van der Waals surface area contributed by atoms with Gasteiger partial charge in [-0.2, -0.15) is 0 Å². The maximum absolute atomic E-state index is 10.6. The van der Waals surface area contributed by atoms with E-state index in [2.05, 4.69) is 4.74 Å². The minimum Gasteiger partial charge on any atom is -0.548 e. The summed E-state index contributed by atoms with van der Waals surface area (Å²) >= 11 is 0. The maximum Gasteiger partial charge on any atom is 0.214 e. The fourth-order valence-corrected chi connectivity index (χ4v) is 0.976. The molecular formula is C10H15O7-. The van der Waals surface area contributed by atoms with Crippen LogP contribution < -0.4 is 5.11 Å². The highest BCUT2D eigenvalue weighted by molar-refractivity contribution is 5.65. The first-order valence-electron chi connectivity index (χ1n) is 4.91. The number of carbonyl (C=O) groups excluding carboxylic acids is 3. The Hall–Kier alpha value is -1.31. The Labute approximate surface area is 98.6 Å². The molecule has 0 rings (SSSR count). The highest BCUT2D eigenvalue weighted by Gasteiger charge is 2.22. The Bertz CT molecular complexity index is 253. The molecular weight excluding hydrogens is 232 g/mol. The summed E-state index contributed by atoms with van der Waals surface area (Å²) in [5.41, 5.74) is 0. The second kappa shape index (κ2) is 8.80. The number of ether oxygens (including phenoxy) is 3. The molecule has 3 unspecified atom stereocenters. The monoisotopic (exact) mass is 247 g/mol. The number of aldehydes is 2. The van der Waals surface area contributed by atoms with Crippen molar-refractivity contribution in [1.82, 2.24) is 0 Å². The zero-order valence-electron chi connectivity index (χ0n) is 9.66. The van der Waals surface area contributed by atoms with Crippen molar-refractivity contribution in [1.29, 1.82) is 0 Å². The molecule has 0 amide bonds. The van der Waals surface area contributed by atoms with E-state index in [9.17, 15) is 19.5 Å². The second-order valence-electron chi connectivity index (χ2n) is 3.30. The Morgan fingerprint density at radius 3 is 2.41 bits per heavy atom. The summed E-state index contributed by atoms with van der Waals surface area (Å²) in [6.07, 6.45) is -0.843. The lowest BCUT2D eigenvalue weighted by Crippen LogP contribution is -2.36. The van der Waals surface area contributed by atoms with Crippen LogP contribution in [0.1, 0.15) is 6.92 Å². The van der Waals surface area contributed by atoms with Crippen LogP contribution in [0.4, 0.5) is 0 Å². The van der Waals surface area contributed by atoms with Crippen molar-refractivity contribution in [3.8, 4) is 0 Å². The molecule has 0 aromatic rings. The molecule has 0 fully saturated rings. The molecule has 0 aromatic heterocycles. The van der Waals surface area contributed by atoms with Gasteiger partial charge in [-0.05, 0) is 0 Å². The Morgan fingerprint density at radius 1 is 1.35 bits per heavy atom. The van der Waals surface area contributed by atoms with Crippen LogP contribution in [0.5, 0.6) is 0 Å². The minimum atomic E-state index is -1.37. The van der Waals surface area contributed by atoms with Crippen LogP contribution in [0.2, 0.25) is 0 Å². The lowest BCUT2D eigenvalue weighted by Gasteiger charge is -2.23. The molecule has 0 radical (unpaired) electrons. The van der Waals surface area contributed by atoms with Crippen molar-refractivity contribution in [3.63, 3.8) is 0 Å². The number of methoxy groups -OCH3 is 1. The van der Waals surface area contributed by atoms with Gasteiger partial charge in [-0.25, -0.2) is 0 Å². The SMILES string of the molecule is COC(C=O)OC(COCC(=O)[O-])C(C)C=O. The van der Waals surface area contributed by atoms with Gasteiger partial charge in [0.2, 0.25) is 6.29 Å². The number of aliphatic carboxylic acids is 1. The quantitative estimate of drug-likeness (QED) is 0.329. The molecule has 0 spiro atoms. The summed E-state index contributed by atoms with van der Waals surface area (Å²) in [4.78, 5) is 31.2. The highest BCUT2D eigenvalue weighted by atomic mass is 16.7. The van der Waals surface area contributed by atoms with Gasteiger partial charge in [0.25, 0.3) is 0 Å². The fourth-order valence-electron chi connectivity index (χ4n) is 0.976. The third kappa shape index (κ3) is 6.77. The fraction of sp³-hybridized carbons (Fsp3) is 0.700. The first-order chi connectivity index (χ1) is 8.04. The average Bonchev–Trinajstić information content (AvgIpc) is 2.32. The topological polar surface area (TPSA) is 102 Å². The van der Waals surface area contributed by atoms with E-state index in [1.807, 2.05) is 0 Å². The summed E-state index contributed by atoms with van der Waals surface area (Å²) < 4.78 is 14.5. The van der Waals surface area contributed by atoms with Crippen molar-refractivity contribution in [3.05, 3.63) is 0 Å². The van der Waals surface area contributed by atoms with Crippen molar-refractivity contribution < 1.29 is 33.7 Å². The molecule has 0 aromatic carbocycles. The molecule has 98 valence electrons. The van der Waals surface area contributed by atoms with Crippen LogP contribution >= 0.6 is 0 Å². The third-order valence-electron chi connectivity index (χ3n) is 1.96. The molecule has 0 aliphatic carbocycles. The van der Waals surface area contributed by atoms with Gasteiger partial charge in [0.15, 0.2) is 6.29 Å². The van der Waals surface area contributed by atoms with Crippen molar-refractivity contribution in [2.75, 3.05) is 20.3 Å². The average molecular weight is 247 g/mol. The van der Waals surface area contributed by atoms with Crippen LogP contribution in [-0.2, 0) is 28.6 Å². The summed E-state index contributed by atoms with van der Waals surface area (Å²) in [6, 6.07) is 0. The van der Waals surface area contributed by atoms with E-state index in [0.29, 0.717) is 12.6 Å². The van der Waals surface area contributed by atoms with Gasteiger partial charge in [-0.1, -0.05) is 6.92 Å². The van der Waals surface area contributed by atoms with Gasteiger partial charge in [0.05, 0.1) is 25.3 Å². The zero-order chi connectivity index (χ0) is 13.3. The smallest absolute Gasteiger partial charge is 0.214 e. The second-order valence-corrected chi connectivity index (χ2v) is 3.30. The normalized spacial score (nSPS) is 15.9. The minimum absolute atomic E-state index is 0.151. The molecule has 0 saturated heterocycles. The summed E-state index contributed by atoms with van der Waals surface area (Å²) in [5, 5.41) is 10.1. The van der Waals surface area contributed by atoms with Crippen LogP contribution in [0.25, 0.3) is 0 Å². The van der Waals surface area contributed by atoms with Crippen LogP contribution in [-0.4, -0.2) is 51.3 Å². The van der Waals surface area contributed by atoms with Gasteiger partial charge in [-0.15, -0.1) is 0 Å². The predicted molar refractivity (Wildman–Crippen MR) is 52.8 cm³/mol. The molecule has 0 saturated carbocycles. The largest absolute Gasteiger partial charge is 0.548 e. The molecule has 7 heteroatoms. The number of hydrogen-bond acceptors (Lipinski definition) is 7. The van der Waals surface area contributed by atoms with E-state index >= 15 is 0 Å². The van der Waals surface area contributed by atoms with Gasteiger partial charge < -0.3 is 28.9 Å². The zero-order valence-corrected chi connectivity index (χ0v) is 9.66. The van der Waals surface area contributed by atoms with Gasteiger partial charge >= 0.3 is 0 Å². The van der Waals surface area contributed by atoms with Gasteiger partial charge in [0, 0.05) is 13.0 Å². The Balaban J connectivity index is 4.27. The number of hydrogen-bond donors (Lipinski definition) is 0. The number of carboxylic acid groups (broad SMARTS) is 1. The molecule has 7 nitrogen and oxygen atoms in total. The van der Waals surface area contributed by atoms with E-state index in [-0.39, 0.29) is 6.61 Å². The predicted octanol–water partition coefficient (Wildman–Crippen LogP) is -1.86. The van der Waals surface area contributed by atoms with Crippen molar-refractivity contribution >= 4 is 18.5 Å². The molecule has 0 heterocycles. The summed E-state index contributed by atoms with van der Waals surface area (Å²) in [5.74, 6) is -1.93. The third-order valence-corrected chi connectivity index (χ3v) is 1.96. The molecule has 3 atom stereocenters. The van der Waals surface area contributed by atoms with Crippen molar-refractivity contribution in [2.24, 2.45) is 5.92 Å². The summed E-state index contributed by atoms with van der Waals surface area (Å²) in [7, 11) is 1.27. The van der Waals surface area contributed by atoms with Gasteiger partial charge in [0.1, 0.15) is 6.29 Å². The summed E-state index contributed by atoms with van der Waals surface area (Å²) in [6.45, 7) is 0.795. The van der Waals surface area contributed by atoms with Crippen LogP contribution in [0.15, 0.2) is 0 Å². The van der Waals surface area contributed by atoms with E-state index in [0.717, 1.165) is 0 Å². The molecule has 0 aliphatic heterocycles. The number of rotatable bonds is 10. The molecule has 0 aliphatic rings. The standard InChI is InChI=1S/C10H16O7/c1-7(3-11)8(5-16-6-9(13)14)17-10(4-12)15-2/h3-4,7-8,10H,5-6H2,1-2H3,(H,13,14)/p-1. The van der Waals surface area contributed by atoms with E-state index in [1.165, 1.54) is 7.11 Å². The highest BCUT2D eigenvalue weighted by Crippen LogP contribution is 2.08. The molecule has 0 bridgehead atoms. The molecule has 0 N–H and O–H groups in total. The van der Waals surface area contributed by atoms with Crippen LogP contribution in [0.3, 0.4) is 0 Å². The first-order valence-corrected chi connectivity index (χ1v) is 4.91. The first kappa shape index (κ1) is 15.7. The Morgan fingerprint density at radius 2 is 2.00 bits per heavy atom. The number of carbonyl (C=O) groups is 3. The lowest BCUT2D eigenvalue weighted by atomic mass is 10.1. The number of carboxylic acids is 1. The van der Waals surface area contributed by atoms with E-state index in [1.54, 1.807) is 6.92 Å². The van der Waals surface area contributed by atoms with E-state index < -0.39 is 30.9 Å². The molecule has 17 heavy (non-hydrogen) atoms. The van der Waals surface area contributed by atoms with Gasteiger partial charge in [-0.3, -0.25) is 4.79 Å². The van der Waals surface area contributed by atoms with Crippen LogP contribution in [0, 0.1) is 5.92 Å². The lowest BCUT2D eigenvalue weighted by molar-refractivity contribution is -0.310. The van der Waals surface area contributed by atoms with Crippen molar-refractivity contribution in [2.45, 2.75) is 19.3 Å². The maximum atomic E-state index is 10.6. The van der Waals surface area contributed by atoms with E-state index in [4.69, 9.17) is 9.47 Å². The Kier molecular flexibility index (Phi) is 8.12.